The standard InChI is InChI=1S/C14H21F3N2O2/c15-14(16,17)13(21)19-9-5-11(6-10-19)12(20)18-7-3-1-2-4-8-18/h11H,1-10H2. The molecule has 2 saturated heterocycles. The Morgan fingerprint density at radius 2 is 1.33 bits per heavy atom. The van der Waals surface area contributed by atoms with E-state index in [4.69, 9.17) is 0 Å². The second-order valence-electron chi connectivity index (χ2n) is 5.80. The number of amides is 2. The van der Waals surface area contributed by atoms with Gasteiger partial charge >= 0.3 is 12.1 Å². The van der Waals surface area contributed by atoms with Crippen molar-refractivity contribution in [3.05, 3.63) is 0 Å². The molecule has 120 valence electrons. The Balaban J connectivity index is 1.85. The molecule has 0 unspecified atom stereocenters. The molecule has 2 aliphatic heterocycles. The monoisotopic (exact) mass is 306 g/mol. The molecule has 0 radical (unpaired) electrons. The van der Waals surface area contributed by atoms with Gasteiger partial charge in [-0.25, -0.2) is 0 Å². The quantitative estimate of drug-likeness (QED) is 0.745. The van der Waals surface area contributed by atoms with E-state index in [1.807, 2.05) is 4.90 Å². The van der Waals surface area contributed by atoms with Crippen LogP contribution in [0.5, 0.6) is 0 Å². The highest BCUT2D eigenvalue weighted by Crippen LogP contribution is 2.25. The van der Waals surface area contributed by atoms with Crippen LogP contribution in [-0.2, 0) is 9.59 Å². The summed E-state index contributed by atoms with van der Waals surface area (Å²) in [4.78, 5) is 26.2. The summed E-state index contributed by atoms with van der Waals surface area (Å²) in [6.45, 7) is 1.53. The molecule has 2 heterocycles. The molecule has 2 aliphatic rings. The summed E-state index contributed by atoms with van der Waals surface area (Å²) < 4.78 is 37.1. The fourth-order valence-corrected chi connectivity index (χ4v) is 3.06. The van der Waals surface area contributed by atoms with Crippen LogP contribution in [0.25, 0.3) is 0 Å². The van der Waals surface area contributed by atoms with Gasteiger partial charge in [0, 0.05) is 32.1 Å². The molecule has 0 aliphatic carbocycles. The second-order valence-corrected chi connectivity index (χ2v) is 5.80. The van der Waals surface area contributed by atoms with Gasteiger partial charge in [-0.1, -0.05) is 12.8 Å². The number of rotatable bonds is 1. The van der Waals surface area contributed by atoms with Crippen LogP contribution in [0.1, 0.15) is 38.5 Å². The van der Waals surface area contributed by atoms with Crippen molar-refractivity contribution in [3.63, 3.8) is 0 Å². The summed E-state index contributed by atoms with van der Waals surface area (Å²) in [7, 11) is 0. The lowest BCUT2D eigenvalue weighted by molar-refractivity contribution is -0.187. The van der Waals surface area contributed by atoms with E-state index in [1.54, 1.807) is 0 Å². The van der Waals surface area contributed by atoms with E-state index < -0.39 is 12.1 Å². The summed E-state index contributed by atoms with van der Waals surface area (Å²) in [5.41, 5.74) is 0. The number of halogens is 3. The molecule has 0 bridgehead atoms. The summed E-state index contributed by atoms with van der Waals surface area (Å²) in [6, 6.07) is 0. The van der Waals surface area contributed by atoms with E-state index in [-0.39, 0.29) is 24.9 Å². The fraction of sp³-hybridized carbons (Fsp3) is 0.857. The van der Waals surface area contributed by atoms with Gasteiger partial charge in [0.2, 0.25) is 5.91 Å². The maximum Gasteiger partial charge on any atom is 0.471 e. The first-order valence-electron chi connectivity index (χ1n) is 7.54. The summed E-state index contributed by atoms with van der Waals surface area (Å²) >= 11 is 0. The van der Waals surface area contributed by atoms with Crippen molar-refractivity contribution in [2.24, 2.45) is 5.92 Å². The van der Waals surface area contributed by atoms with E-state index in [0.29, 0.717) is 12.8 Å². The third kappa shape index (κ3) is 4.11. The average Bonchev–Trinajstić information content (AvgIpc) is 2.74. The number of piperidine rings is 1. The third-order valence-electron chi connectivity index (χ3n) is 4.29. The van der Waals surface area contributed by atoms with Gasteiger partial charge in [-0.15, -0.1) is 0 Å². The Morgan fingerprint density at radius 3 is 1.81 bits per heavy atom. The van der Waals surface area contributed by atoms with Crippen molar-refractivity contribution in [1.29, 1.82) is 0 Å². The molecule has 0 aromatic carbocycles. The third-order valence-corrected chi connectivity index (χ3v) is 4.29. The first-order valence-corrected chi connectivity index (χ1v) is 7.54. The molecule has 0 aromatic heterocycles. The van der Waals surface area contributed by atoms with Crippen LogP contribution in [0.2, 0.25) is 0 Å². The highest BCUT2D eigenvalue weighted by Gasteiger charge is 2.44. The van der Waals surface area contributed by atoms with Crippen molar-refractivity contribution >= 4 is 11.8 Å². The smallest absolute Gasteiger partial charge is 0.342 e. The van der Waals surface area contributed by atoms with Gasteiger partial charge < -0.3 is 9.80 Å². The number of likely N-dealkylation sites (tertiary alicyclic amines) is 2. The Hall–Kier alpha value is -1.27. The van der Waals surface area contributed by atoms with Crippen LogP contribution < -0.4 is 0 Å². The molecular formula is C14H21F3N2O2. The molecule has 0 saturated carbocycles. The Labute approximate surface area is 122 Å². The van der Waals surface area contributed by atoms with E-state index in [1.165, 1.54) is 0 Å². The number of hydrogen-bond donors (Lipinski definition) is 0. The van der Waals surface area contributed by atoms with Crippen LogP contribution in [0.3, 0.4) is 0 Å². The van der Waals surface area contributed by atoms with Gasteiger partial charge in [0.15, 0.2) is 0 Å². The second kappa shape index (κ2) is 6.66. The van der Waals surface area contributed by atoms with Crippen molar-refractivity contribution in [3.8, 4) is 0 Å². The summed E-state index contributed by atoms with van der Waals surface area (Å²) in [5, 5.41) is 0. The van der Waals surface area contributed by atoms with Gasteiger partial charge in [-0.05, 0) is 25.7 Å². The molecule has 2 rings (SSSR count). The normalized spacial score (nSPS) is 22.0. The SMILES string of the molecule is O=C(C1CCN(C(=O)C(F)(F)F)CC1)N1CCCCCC1. The minimum Gasteiger partial charge on any atom is -0.342 e. The fourth-order valence-electron chi connectivity index (χ4n) is 3.06. The van der Waals surface area contributed by atoms with Crippen LogP contribution in [0.4, 0.5) is 13.2 Å². The predicted octanol–water partition coefficient (Wildman–Crippen LogP) is 2.19. The van der Waals surface area contributed by atoms with Gasteiger partial charge in [-0.2, -0.15) is 13.2 Å². The first-order chi connectivity index (χ1) is 9.89. The maximum atomic E-state index is 12.4. The minimum atomic E-state index is -4.82. The lowest BCUT2D eigenvalue weighted by atomic mass is 9.95. The van der Waals surface area contributed by atoms with Gasteiger partial charge in [0.05, 0.1) is 0 Å². The topological polar surface area (TPSA) is 40.6 Å². The molecule has 0 aromatic rings. The number of nitrogens with zero attached hydrogens (tertiary/aromatic N) is 2. The van der Waals surface area contributed by atoms with E-state index in [9.17, 15) is 22.8 Å². The van der Waals surface area contributed by atoms with Gasteiger partial charge in [0.1, 0.15) is 0 Å². The molecule has 21 heavy (non-hydrogen) atoms. The van der Waals surface area contributed by atoms with Gasteiger partial charge in [-0.3, -0.25) is 9.59 Å². The largest absolute Gasteiger partial charge is 0.471 e. The van der Waals surface area contributed by atoms with Crippen LogP contribution >= 0.6 is 0 Å². The molecule has 4 nitrogen and oxygen atoms in total. The molecule has 2 fully saturated rings. The lowest BCUT2D eigenvalue weighted by Crippen LogP contribution is -2.48. The minimum absolute atomic E-state index is 0.0165. The van der Waals surface area contributed by atoms with Crippen LogP contribution in [0.15, 0.2) is 0 Å². The van der Waals surface area contributed by atoms with E-state index in [0.717, 1.165) is 43.7 Å². The van der Waals surface area contributed by atoms with Gasteiger partial charge in [0.25, 0.3) is 0 Å². The zero-order chi connectivity index (χ0) is 15.5. The highest BCUT2D eigenvalue weighted by atomic mass is 19.4. The lowest BCUT2D eigenvalue weighted by Gasteiger charge is -2.34. The Bertz CT molecular complexity index is 382. The number of alkyl halides is 3. The molecular weight excluding hydrogens is 285 g/mol. The zero-order valence-corrected chi connectivity index (χ0v) is 12.0. The zero-order valence-electron chi connectivity index (χ0n) is 12.0. The molecule has 7 heteroatoms. The van der Waals surface area contributed by atoms with Crippen molar-refractivity contribution in [2.45, 2.75) is 44.7 Å². The van der Waals surface area contributed by atoms with Crippen LogP contribution in [-0.4, -0.2) is 54.0 Å². The predicted molar refractivity (Wildman–Crippen MR) is 70.4 cm³/mol. The summed E-state index contributed by atoms with van der Waals surface area (Å²) in [5.74, 6) is -1.97. The molecule has 0 N–H and O–H groups in total. The Morgan fingerprint density at radius 1 is 0.810 bits per heavy atom. The summed E-state index contributed by atoms with van der Waals surface area (Å²) in [6.07, 6.45) is 0.0921. The van der Waals surface area contributed by atoms with E-state index >= 15 is 0 Å². The van der Waals surface area contributed by atoms with Crippen molar-refractivity contribution in [1.82, 2.24) is 9.80 Å². The molecule has 0 atom stereocenters. The number of hydrogen-bond acceptors (Lipinski definition) is 2. The van der Waals surface area contributed by atoms with Crippen molar-refractivity contribution in [2.75, 3.05) is 26.2 Å². The maximum absolute atomic E-state index is 12.4. The van der Waals surface area contributed by atoms with Crippen LogP contribution in [0, 0.1) is 5.92 Å². The Kier molecular flexibility index (Phi) is 5.11. The molecule has 0 spiro atoms. The first kappa shape index (κ1) is 16.1. The molecule has 2 amide bonds. The number of carbonyl (C=O) groups is 2. The van der Waals surface area contributed by atoms with E-state index in [2.05, 4.69) is 0 Å². The number of carbonyl (C=O) groups excluding carboxylic acids is 2. The van der Waals surface area contributed by atoms with Crippen molar-refractivity contribution < 1.29 is 22.8 Å². The highest BCUT2D eigenvalue weighted by molar-refractivity contribution is 5.83. The average molecular weight is 306 g/mol.